The largest absolute Gasteiger partial charge is 0.352 e. The van der Waals surface area contributed by atoms with Crippen LogP contribution in [-0.2, 0) is 10.0 Å². The SMILES string of the molecule is O=C(NCCC1=CCCCC1)c1ccc(Cl)c(N2CCCCS2(=O)=O)c1. The standard InChI is InChI=1S/C19H25ClN2O3S/c20-17-9-8-16(14-18(17)22-12-4-5-13-26(22,24)25)19(23)21-11-10-15-6-2-1-3-7-15/h6,8-9,14H,1-5,7,10-13H2,(H,21,23). The van der Waals surface area contributed by atoms with Crippen LogP contribution in [0.5, 0.6) is 0 Å². The van der Waals surface area contributed by atoms with Crippen molar-refractivity contribution in [3.63, 3.8) is 0 Å². The van der Waals surface area contributed by atoms with Gasteiger partial charge in [0.25, 0.3) is 5.91 Å². The van der Waals surface area contributed by atoms with Gasteiger partial charge in [-0.3, -0.25) is 9.10 Å². The quantitative estimate of drug-likeness (QED) is 0.768. The number of amides is 1. The van der Waals surface area contributed by atoms with Crippen molar-refractivity contribution >= 4 is 33.2 Å². The first kappa shape index (κ1) is 19.2. The van der Waals surface area contributed by atoms with Crippen molar-refractivity contribution in [3.8, 4) is 0 Å². The van der Waals surface area contributed by atoms with Crippen LogP contribution >= 0.6 is 11.6 Å². The van der Waals surface area contributed by atoms with Crippen molar-refractivity contribution < 1.29 is 13.2 Å². The van der Waals surface area contributed by atoms with Gasteiger partial charge in [-0.1, -0.05) is 23.3 Å². The lowest BCUT2D eigenvalue weighted by molar-refractivity contribution is 0.0954. The highest BCUT2D eigenvalue weighted by Crippen LogP contribution is 2.31. The molecule has 3 rings (SSSR count). The molecule has 0 aromatic heterocycles. The molecular weight excluding hydrogens is 372 g/mol. The third-order valence-electron chi connectivity index (χ3n) is 4.94. The summed E-state index contributed by atoms with van der Waals surface area (Å²) in [6, 6.07) is 4.82. The molecule has 0 unspecified atom stereocenters. The second kappa shape index (κ2) is 8.44. The Bertz CT molecular complexity index is 805. The number of hydrogen-bond donors (Lipinski definition) is 1. The van der Waals surface area contributed by atoms with Gasteiger partial charge in [0.2, 0.25) is 10.0 Å². The fraction of sp³-hybridized carbons (Fsp3) is 0.526. The summed E-state index contributed by atoms with van der Waals surface area (Å²) in [5.41, 5.74) is 2.24. The first-order chi connectivity index (χ1) is 12.5. The number of anilines is 1. The Labute approximate surface area is 160 Å². The molecule has 1 saturated heterocycles. The average Bonchev–Trinajstić information content (AvgIpc) is 2.63. The van der Waals surface area contributed by atoms with E-state index in [-0.39, 0.29) is 11.7 Å². The van der Waals surface area contributed by atoms with E-state index in [2.05, 4.69) is 11.4 Å². The van der Waals surface area contributed by atoms with Crippen LogP contribution in [0.25, 0.3) is 0 Å². The summed E-state index contributed by atoms with van der Waals surface area (Å²) >= 11 is 6.22. The van der Waals surface area contributed by atoms with Crippen molar-refractivity contribution in [1.29, 1.82) is 0 Å². The van der Waals surface area contributed by atoms with Crippen molar-refractivity contribution in [3.05, 3.63) is 40.4 Å². The maximum Gasteiger partial charge on any atom is 0.251 e. The molecule has 0 spiro atoms. The van der Waals surface area contributed by atoms with Gasteiger partial charge in [0.15, 0.2) is 0 Å². The monoisotopic (exact) mass is 396 g/mol. The number of halogens is 1. The third kappa shape index (κ3) is 4.60. The Kier molecular flexibility index (Phi) is 6.24. The van der Waals surface area contributed by atoms with Gasteiger partial charge in [-0.15, -0.1) is 0 Å². The van der Waals surface area contributed by atoms with Crippen LogP contribution in [0.15, 0.2) is 29.8 Å². The molecule has 0 saturated carbocycles. The first-order valence-corrected chi connectivity index (χ1v) is 11.2. The zero-order chi connectivity index (χ0) is 18.6. The molecule has 0 radical (unpaired) electrons. The normalized spacial score (nSPS) is 19.7. The number of benzene rings is 1. The Morgan fingerprint density at radius 2 is 2.04 bits per heavy atom. The molecule has 1 aliphatic carbocycles. The lowest BCUT2D eigenvalue weighted by Crippen LogP contribution is -2.38. The summed E-state index contributed by atoms with van der Waals surface area (Å²) in [5.74, 6) is -0.0803. The highest BCUT2D eigenvalue weighted by molar-refractivity contribution is 7.92. The summed E-state index contributed by atoms with van der Waals surface area (Å²) in [5, 5.41) is 3.27. The van der Waals surface area contributed by atoms with Crippen molar-refractivity contribution in [1.82, 2.24) is 5.32 Å². The summed E-state index contributed by atoms with van der Waals surface area (Å²) in [4.78, 5) is 12.5. The van der Waals surface area contributed by atoms with E-state index >= 15 is 0 Å². The molecule has 0 atom stereocenters. The first-order valence-electron chi connectivity index (χ1n) is 9.23. The van der Waals surface area contributed by atoms with E-state index in [0.717, 1.165) is 25.7 Å². The van der Waals surface area contributed by atoms with Gasteiger partial charge in [-0.2, -0.15) is 0 Å². The van der Waals surface area contributed by atoms with Crippen molar-refractivity contribution in [2.75, 3.05) is 23.1 Å². The van der Waals surface area contributed by atoms with E-state index in [0.29, 0.717) is 35.8 Å². The number of carbonyl (C=O) groups excluding carboxylic acids is 1. The molecule has 5 nitrogen and oxygen atoms in total. The van der Waals surface area contributed by atoms with Crippen molar-refractivity contribution in [2.24, 2.45) is 0 Å². The summed E-state index contributed by atoms with van der Waals surface area (Å²) in [6.07, 6.45) is 9.33. The lowest BCUT2D eigenvalue weighted by atomic mass is 9.97. The van der Waals surface area contributed by atoms with Gasteiger partial charge in [-0.25, -0.2) is 8.42 Å². The van der Waals surface area contributed by atoms with Crippen molar-refractivity contribution in [2.45, 2.75) is 44.9 Å². The molecule has 1 aromatic rings. The number of carbonyl (C=O) groups is 1. The maximum atomic E-state index is 12.5. The van der Waals surface area contributed by atoms with Crippen LogP contribution in [0, 0.1) is 0 Å². The molecule has 0 bridgehead atoms. The Morgan fingerprint density at radius 3 is 2.77 bits per heavy atom. The van der Waals surface area contributed by atoms with Crippen LogP contribution in [-0.4, -0.2) is 33.2 Å². The molecule has 1 N–H and O–H groups in total. The minimum absolute atomic E-state index is 0.120. The Hall–Kier alpha value is -1.53. The number of nitrogens with zero attached hydrogens (tertiary/aromatic N) is 1. The molecule has 26 heavy (non-hydrogen) atoms. The number of allylic oxidation sites excluding steroid dienone is 1. The molecule has 1 heterocycles. The fourth-order valence-corrected chi connectivity index (χ4v) is 5.39. The van der Waals surface area contributed by atoms with E-state index in [1.54, 1.807) is 18.2 Å². The highest BCUT2D eigenvalue weighted by atomic mass is 35.5. The summed E-state index contributed by atoms with van der Waals surface area (Å²) in [7, 11) is -3.36. The third-order valence-corrected chi connectivity index (χ3v) is 7.12. The van der Waals surface area contributed by atoms with Gasteiger partial charge >= 0.3 is 0 Å². The van der Waals surface area contributed by atoms with Gasteiger partial charge < -0.3 is 5.32 Å². The second-order valence-corrected chi connectivity index (χ2v) is 9.30. The maximum absolute atomic E-state index is 12.5. The van der Waals surface area contributed by atoms with Gasteiger partial charge in [0.05, 0.1) is 16.5 Å². The fourth-order valence-electron chi connectivity index (χ4n) is 3.47. The predicted octanol–water partition coefficient (Wildman–Crippen LogP) is 3.89. The van der Waals surface area contributed by atoms with E-state index in [4.69, 9.17) is 11.6 Å². The second-order valence-electron chi connectivity index (χ2n) is 6.88. The van der Waals surface area contributed by atoms with E-state index in [1.807, 2.05) is 0 Å². The number of rotatable bonds is 5. The predicted molar refractivity (Wildman–Crippen MR) is 105 cm³/mol. The highest BCUT2D eigenvalue weighted by Gasteiger charge is 2.28. The lowest BCUT2D eigenvalue weighted by Gasteiger charge is -2.29. The number of nitrogens with one attached hydrogen (secondary N) is 1. The van der Waals surface area contributed by atoms with E-state index in [9.17, 15) is 13.2 Å². The number of sulfonamides is 1. The summed E-state index contributed by atoms with van der Waals surface area (Å²) < 4.78 is 26.0. The number of hydrogen-bond acceptors (Lipinski definition) is 3. The summed E-state index contributed by atoms with van der Waals surface area (Å²) in [6.45, 7) is 0.992. The zero-order valence-corrected chi connectivity index (χ0v) is 16.4. The average molecular weight is 397 g/mol. The van der Waals surface area contributed by atoms with Crippen LogP contribution in [0.2, 0.25) is 5.02 Å². The van der Waals surface area contributed by atoms with Crippen LogP contribution in [0.3, 0.4) is 0 Å². The smallest absolute Gasteiger partial charge is 0.251 e. The minimum atomic E-state index is -3.36. The van der Waals surface area contributed by atoms with Crippen LogP contribution < -0.4 is 9.62 Å². The van der Waals surface area contributed by atoms with Gasteiger partial charge in [-0.05, 0) is 63.1 Å². The van der Waals surface area contributed by atoms with Crippen LogP contribution in [0.1, 0.15) is 55.3 Å². The van der Waals surface area contributed by atoms with Gasteiger partial charge in [0.1, 0.15) is 0 Å². The topological polar surface area (TPSA) is 66.5 Å². The van der Waals surface area contributed by atoms with Gasteiger partial charge in [0, 0.05) is 18.7 Å². The molecular formula is C19H25ClN2O3S. The Balaban J connectivity index is 1.68. The molecule has 1 amide bonds. The molecule has 7 heteroatoms. The van der Waals surface area contributed by atoms with Crippen LogP contribution in [0.4, 0.5) is 5.69 Å². The molecule has 1 aliphatic heterocycles. The zero-order valence-electron chi connectivity index (χ0n) is 14.8. The molecule has 1 aromatic carbocycles. The Morgan fingerprint density at radius 1 is 1.19 bits per heavy atom. The molecule has 142 valence electrons. The molecule has 2 aliphatic rings. The minimum Gasteiger partial charge on any atom is -0.352 e. The van der Waals surface area contributed by atoms with E-state index < -0.39 is 10.0 Å². The molecule has 1 fully saturated rings. The van der Waals surface area contributed by atoms with E-state index in [1.165, 1.54) is 22.7 Å².